The van der Waals surface area contributed by atoms with Gasteiger partial charge in [0.15, 0.2) is 5.16 Å². The molecule has 0 atom stereocenters. The molecule has 3 aromatic carbocycles. The maximum Gasteiger partial charge on any atom is 0.271 e. The van der Waals surface area contributed by atoms with Gasteiger partial charge in [-0.25, -0.2) is 4.98 Å². The number of hydrogen-bond acceptors (Lipinski definition) is 5. The number of H-pyrrole nitrogens is 1. The zero-order chi connectivity index (χ0) is 20.9. The van der Waals surface area contributed by atoms with Gasteiger partial charge in [-0.2, -0.15) is 0 Å². The molecule has 0 radical (unpaired) electrons. The number of amides is 1. The Hall–Kier alpha value is -3.65. The van der Waals surface area contributed by atoms with Crippen LogP contribution >= 0.6 is 11.8 Å². The fourth-order valence-electron chi connectivity index (χ4n) is 3.14. The van der Waals surface area contributed by atoms with Gasteiger partial charge in [0.1, 0.15) is 0 Å². The Morgan fingerprint density at radius 1 is 1.03 bits per heavy atom. The van der Waals surface area contributed by atoms with E-state index in [0.29, 0.717) is 16.2 Å². The monoisotopic (exact) mass is 418 g/mol. The van der Waals surface area contributed by atoms with Gasteiger partial charge in [-0.1, -0.05) is 72.4 Å². The lowest BCUT2D eigenvalue weighted by molar-refractivity contribution is -0.384. The topological polar surface area (TPSA) is 101 Å². The smallest absolute Gasteiger partial charge is 0.271 e. The van der Waals surface area contributed by atoms with Crippen LogP contribution in [-0.2, 0) is 4.79 Å². The van der Waals surface area contributed by atoms with Crippen LogP contribution < -0.4 is 5.32 Å². The van der Waals surface area contributed by atoms with Crippen LogP contribution in [0.2, 0.25) is 0 Å². The molecule has 0 aliphatic heterocycles. The van der Waals surface area contributed by atoms with Gasteiger partial charge in [0.2, 0.25) is 5.91 Å². The van der Waals surface area contributed by atoms with Gasteiger partial charge in [-0.3, -0.25) is 14.9 Å². The summed E-state index contributed by atoms with van der Waals surface area (Å²) in [5.74, 6) is 0.0297. The van der Waals surface area contributed by atoms with Crippen molar-refractivity contribution in [3.63, 3.8) is 0 Å². The fourth-order valence-corrected chi connectivity index (χ4v) is 3.84. The predicted octanol–water partition coefficient (Wildman–Crippen LogP) is 4.47. The summed E-state index contributed by atoms with van der Waals surface area (Å²) in [6.45, 7) is 0. The van der Waals surface area contributed by atoms with Crippen LogP contribution in [-0.4, -0.2) is 26.6 Å². The summed E-state index contributed by atoms with van der Waals surface area (Å²) in [5.41, 5.74) is 3.18. The minimum atomic E-state index is -0.451. The number of imidazole rings is 1. The van der Waals surface area contributed by atoms with Crippen molar-refractivity contribution in [1.82, 2.24) is 15.3 Å². The van der Waals surface area contributed by atoms with E-state index >= 15 is 0 Å². The normalized spacial score (nSPS) is 11.0. The van der Waals surface area contributed by atoms with Crippen molar-refractivity contribution in [2.24, 2.45) is 0 Å². The van der Waals surface area contributed by atoms with E-state index in [1.807, 2.05) is 60.7 Å². The summed E-state index contributed by atoms with van der Waals surface area (Å²) in [6, 6.07) is 23.8. The summed E-state index contributed by atoms with van der Waals surface area (Å²) < 4.78 is 0. The molecule has 4 aromatic rings. The number of nitro benzene ring substituents is 1. The quantitative estimate of drug-likeness (QED) is 0.262. The molecule has 0 bridgehead atoms. The van der Waals surface area contributed by atoms with E-state index in [2.05, 4.69) is 15.3 Å². The zero-order valence-electron chi connectivity index (χ0n) is 15.8. The molecule has 150 valence electrons. The second-order valence-corrected chi connectivity index (χ2v) is 7.58. The van der Waals surface area contributed by atoms with E-state index in [1.54, 1.807) is 6.07 Å². The van der Waals surface area contributed by atoms with Crippen LogP contribution in [0, 0.1) is 10.1 Å². The van der Waals surface area contributed by atoms with Crippen molar-refractivity contribution in [3.8, 4) is 0 Å². The molecule has 7 nitrogen and oxygen atoms in total. The van der Waals surface area contributed by atoms with Crippen molar-refractivity contribution < 1.29 is 9.72 Å². The number of fused-ring (bicyclic) bond motifs is 1. The Balaban J connectivity index is 1.46. The Morgan fingerprint density at radius 3 is 2.27 bits per heavy atom. The number of nitrogens with one attached hydrogen (secondary N) is 2. The van der Waals surface area contributed by atoms with Gasteiger partial charge in [-0.05, 0) is 17.2 Å². The van der Waals surface area contributed by atoms with Gasteiger partial charge in [0, 0.05) is 12.1 Å². The second kappa shape index (κ2) is 8.79. The van der Waals surface area contributed by atoms with Gasteiger partial charge >= 0.3 is 0 Å². The number of nitro groups is 1. The van der Waals surface area contributed by atoms with Crippen molar-refractivity contribution in [2.45, 2.75) is 11.2 Å². The molecular formula is C22H18N4O3S. The van der Waals surface area contributed by atoms with Gasteiger partial charge in [-0.15, -0.1) is 0 Å². The molecule has 4 rings (SSSR count). The van der Waals surface area contributed by atoms with Gasteiger partial charge < -0.3 is 10.3 Å². The van der Waals surface area contributed by atoms with Crippen LogP contribution in [0.4, 0.5) is 5.69 Å². The van der Waals surface area contributed by atoms with E-state index < -0.39 is 4.92 Å². The van der Waals surface area contributed by atoms with Crippen LogP contribution in [0.15, 0.2) is 84.0 Å². The molecule has 0 aliphatic carbocycles. The number of rotatable bonds is 7. The highest BCUT2D eigenvalue weighted by molar-refractivity contribution is 7.99. The molecule has 1 heterocycles. The lowest BCUT2D eigenvalue weighted by Crippen LogP contribution is -2.30. The lowest BCUT2D eigenvalue weighted by atomic mass is 9.99. The molecule has 0 saturated carbocycles. The number of carbonyl (C=O) groups excluding carboxylic acids is 1. The number of aromatic nitrogens is 2. The average Bonchev–Trinajstić information content (AvgIpc) is 3.19. The SMILES string of the molecule is O=C(CSc1nc2ccc([N+](=O)[O-])cc2[nH]1)NC(c1ccccc1)c1ccccc1. The third kappa shape index (κ3) is 4.49. The number of thioether (sulfide) groups is 1. The van der Waals surface area contributed by atoms with Gasteiger partial charge in [0.05, 0.1) is 27.8 Å². The van der Waals surface area contributed by atoms with E-state index in [9.17, 15) is 14.9 Å². The minimum Gasteiger partial charge on any atom is -0.344 e. The summed E-state index contributed by atoms with van der Waals surface area (Å²) in [4.78, 5) is 30.6. The molecule has 0 unspecified atom stereocenters. The summed E-state index contributed by atoms with van der Waals surface area (Å²) in [5, 5.41) is 14.5. The predicted molar refractivity (Wildman–Crippen MR) is 116 cm³/mol. The number of aromatic amines is 1. The van der Waals surface area contributed by atoms with Crippen LogP contribution in [0.25, 0.3) is 11.0 Å². The van der Waals surface area contributed by atoms with Crippen molar-refractivity contribution >= 4 is 34.4 Å². The first-order valence-electron chi connectivity index (χ1n) is 9.26. The molecule has 1 amide bonds. The molecule has 8 heteroatoms. The molecular weight excluding hydrogens is 400 g/mol. The van der Waals surface area contributed by atoms with Crippen molar-refractivity contribution in [1.29, 1.82) is 0 Å². The maximum atomic E-state index is 12.7. The third-order valence-corrected chi connectivity index (χ3v) is 5.44. The Bertz CT molecular complexity index is 1140. The zero-order valence-corrected chi connectivity index (χ0v) is 16.6. The van der Waals surface area contributed by atoms with E-state index in [1.165, 1.54) is 23.9 Å². The molecule has 30 heavy (non-hydrogen) atoms. The highest BCUT2D eigenvalue weighted by Gasteiger charge is 2.17. The average molecular weight is 418 g/mol. The molecule has 0 fully saturated rings. The van der Waals surface area contributed by atoms with Crippen molar-refractivity contribution in [2.75, 3.05) is 5.75 Å². The second-order valence-electron chi connectivity index (χ2n) is 6.61. The Morgan fingerprint density at radius 2 is 1.67 bits per heavy atom. The van der Waals surface area contributed by atoms with Crippen LogP contribution in [0.1, 0.15) is 17.2 Å². The van der Waals surface area contributed by atoms with E-state index in [-0.39, 0.29) is 23.4 Å². The van der Waals surface area contributed by atoms with E-state index in [4.69, 9.17) is 0 Å². The summed E-state index contributed by atoms with van der Waals surface area (Å²) >= 11 is 1.25. The molecule has 2 N–H and O–H groups in total. The summed E-state index contributed by atoms with van der Waals surface area (Å²) in [6.07, 6.45) is 0. The van der Waals surface area contributed by atoms with Gasteiger partial charge in [0.25, 0.3) is 5.69 Å². The molecule has 1 aromatic heterocycles. The first-order valence-corrected chi connectivity index (χ1v) is 10.2. The van der Waals surface area contributed by atoms with Crippen LogP contribution in [0.3, 0.4) is 0 Å². The number of carbonyl (C=O) groups is 1. The molecule has 0 aliphatic rings. The lowest BCUT2D eigenvalue weighted by Gasteiger charge is -2.19. The summed E-state index contributed by atoms with van der Waals surface area (Å²) in [7, 11) is 0. The standard InChI is InChI=1S/C22H18N4O3S/c27-20(14-30-22-23-18-12-11-17(26(28)29)13-19(18)24-22)25-21(15-7-3-1-4-8-15)16-9-5-2-6-10-16/h1-13,21H,14H2,(H,23,24)(H,25,27). The maximum absolute atomic E-state index is 12.7. The molecule has 0 spiro atoms. The number of hydrogen-bond donors (Lipinski definition) is 2. The Labute approximate surface area is 176 Å². The first kappa shape index (κ1) is 19.7. The van der Waals surface area contributed by atoms with Crippen molar-refractivity contribution in [3.05, 3.63) is 100 Å². The number of nitrogens with zero attached hydrogens (tertiary/aromatic N) is 2. The highest BCUT2D eigenvalue weighted by Crippen LogP contribution is 2.25. The number of benzene rings is 3. The molecule has 0 saturated heterocycles. The largest absolute Gasteiger partial charge is 0.344 e. The van der Waals surface area contributed by atoms with E-state index in [0.717, 1.165) is 11.1 Å². The Kier molecular flexibility index (Phi) is 5.76. The number of non-ortho nitro benzene ring substituents is 1. The van der Waals surface area contributed by atoms with Crippen LogP contribution in [0.5, 0.6) is 0 Å². The first-order chi connectivity index (χ1) is 14.6. The fraction of sp³-hybridized carbons (Fsp3) is 0.0909. The highest BCUT2D eigenvalue weighted by atomic mass is 32.2. The minimum absolute atomic E-state index is 0.00555. The third-order valence-electron chi connectivity index (χ3n) is 4.57.